The van der Waals surface area contributed by atoms with Gasteiger partial charge in [0.25, 0.3) is 0 Å². The zero-order valence-electron chi connectivity index (χ0n) is 7.24. The molecule has 1 nitrogen and oxygen atoms in total. The first-order valence-corrected chi connectivity index (χ1v) is 4.22. The zero-order chi connectivity index (χ0) is 11.6. The molecule has 0 heterocycles. The van der Waals surface area contributed by atoms with Gasteiger partial charge in [0.2, 0.25) is 5.78 Å². The minimum Gasteiger partial charge on any atom is -0.291 e. The third-order valence-corrected chi connectivity index (χ3v) is 1.88. The van der Waals surface area contributed by atoms with Crippen LogP contribution in [0.4, 0.5) is 17.6 Å². The molecule has 0 radical (unpaired) electrons. The lowest BCUT2D eigenvalue weighted by molar-refractivity contribution is -0.132. The van der Waals surface area contributed by atoms with Crippen LogP contribution in [0.25, 0.3) is 0 Å². The number of ketones is 1. The van der Waals surface area contributed by atoms with Gasteiger partial charge in [-0.2, -0.15) is 8.78 Å². The molecule has 6 heteroatoms. The van der Waals surface area contributed by atoms with E-state index in [-0.39, 0.29) is 5.56 Å². The van der Waals surface area contributed by atoms with E-state index < -0.39 is 29.2 Å². The van der Waals surface area contributed by atoms with Crippen LogP contribution in [0, 0.1) is 11.6 Å². The number of rotatable bonds is 3. The Bertz CT molecular complexity index is 386. The summed E-state index contributed by atoms with van der Waals surface area (Å²) < 4.78 is 49.5. The quantitative estimate of drug-likeness (QED) is 0.586. The molecule has 0 saturated carbocycles. The number of hydrogen-bond donors (Lipinski definition) is 0. The van der Waals surface area contributed by atoms with Gasteiger partial charge in [0.15, 0.2) is 11.6 Å². The summed E-state index contributed by atoms with van der Waals surface area (Å²) in [6.45, 7) is 0. The summed E-state index contributed by atoms with van der Waals surface area (Å²) in [5, 5.41) is -3.98. The molecule has 0 N–H and O–H groups in total. The normalized spacial score (nSPS) is 11.5. The van der Waals surface area contributed by atoms with E-state index in [1.165, 1.54) is 0 Å². The van der Waals surface area contributed by atoms with Crippen LogP contribution in [0.3, 0.4) is 0 Å². The van der Waals surface area contributed by atoms with Gasteiger partial charge >= 0.3 is 5.38 Å². The van der Waals surface area contributed by atoms with E-state index in [0.29, 0.717) is 6.07 Å². The van der Waals surface area contributed by atoms with E-state index in [1.54, 1.807) is 0 Å². The number of halogens is 5. The lowest BCUT2D eigenvalue weighted by Gasteiger charge is -2.06. The lowest BCUT2D eigenvalue weighted by atomic mass is 10.1. The van der Waals surface area contributed by atoms with Gasteiger partial charge in [-0.15, -0.1) is 0 Å². The summed E-state index contributed by atoms with van der Waals surface area (Å²) in [6, 6.07) is 2.47. The largest absolute Gasteiger partial charge is 0.380 e. The van der Waals surface area contributed by atoms with E-state index >= 15 is 0 Å². The average molecular weight is 241 g/mol. The van der Waals surface area contributed by atoms with E-state index in [4.69, 9.17) is 0 Å². The molecule has 0 spiro atoms. The van der Waals surface area contributed by atoms with Crippen molar-refractivity contribution in [2.24, 2.45) is 0 Å². The average Bonchev–Trinajstić information content (AvgIpc) is 2.10. The maximum Gasteiger partial charge on any atom is 0.380 e. The number of hydrogen-bond acceptors (Lipinski definition) is 1. The first-order valence-electron chi connectivity index (χ1n) is 3.84. The minimum atomic E-state index is -3.98. The molecule has 0 aromatic heterocycles. The van der Waals surface area contributed by atoms with Crippen LogP contribution in [0.15, 0.2) is 18.2 Å². The van der Waals surface area contributed by atoms with Crippen molar-refractivity contribution >= 4 is 17.4 Å². The molecule has 82 valence electrons. The van der Waals surface area contributed by atoms with E-state index in [2.05, 4.69) is 11.6 Å². The number of carbonyl (C=O) groups excluding carboxylic acids is 1. The zero-order valence-corrected chi connectivity index (χ0v) is 7.99. The number of alkyl halides is 3. The van der Waals surface area contributed by atoms with Gasteiger partial charge in [-0.1, -0.05) is 6.07 Å². The van der Waals surface area contributed by atoms with Crippen LogP contribution >= 0.6 is 11.6 Å². The van der Waals surface area contributed by atoms with Gasteiger partial charge in [0.05, 0.1) is 0 Å². The van der Waals surface area contributed by atoms with Crippen LogP contribution in [0.2, 0.25) is 0 Å². The molecule has 0 aliphatic carbocycles. The fourth-order valence-electron chi connectivity index (χ4n) is 0.935. The van der Waals surface area contributed by atoms with Crippen molar-refractivity contribution in [3.8, 4) is 0 Å². The Hall–Kier alpha value is -1.10. The Morgan fingerprint density at radius 2 is 1.87 bits per heavy atom. The second-order valence-corrected chi connectivity index (χ2v) is 3.32. The summed E-state index contributed by atoms with van der Waals surface area (Å²) >= 11 is 4.45. The van der Waals surface area contributed by atoms with Crippen LogP contribution in [-0.2, 0) is 11.2 Å². The van der Waals surface area contributed by atoms with Crippen molar-refractivity contribution in [3.63, 3.8) is 0 Å². The number of benzene rings is 1. The summed E-state index contributed by atoms with van der Waals surface area (Å²) in [6.07, 6.45) is -0.742. The Labute approximate surface area is 87.7 Å². The van der Waals surface area contributed by atoms with Crippen LogP contribution in [0.1, 0.15) is 5.56 Å². The molecule has 0 bridgehead atoms. The van der Waals surface area contributed by atoms with Gasteiger partial charge in [-0.3, -0.25) is 4.79 Å². The van der Waals surface area contributed by atoms with E-state index in [9.17, 15) is 22.4 Å². The minimum absolute atomic E-state index is 0.0563. The SMILES string of the molecule is O=C(Cc1ccc(F)c(F)c1)C(F)(F)Cl. The second-order valence-electron chi connectivity index (χ2n) is 2.85. The topological polar surface area (TPSA) is 17.1 Å². The van der Waals surface area contributed by atoms with Crippen molar-refractivity contribution in [1.29, 1.82) is 0 Å². The maximum absolute atomic E-state index is 12.6. The van der Waals surface area contributed by atoms with Crippen molar-refractivity contribution in [2.45, 2.75) is 11.8 Å². The fourth-order valence-corrected chi connectivity index (χ4v) is 1.00. The molecule has 1 aromatic rings. The predicted molar refractivity (Wildman–Crippen MR) is 45.9 cm³/mol. The molecule has 0 aliphatic rings. The maximum atomic E-state index is 12.6. The lowest BCUT2D eigenvalue weighted by Crippen LogP contribution is -2.23. The van der Waals surface area contributed by atoms with Crippen molar-refractivity contribution in [1.82, 2.24) is 0 Å². The van der Waals surface area contributed by atoms with Crippen LogP contribution < -0.4 is 0 Å². The highest BCUT2D eigenvalue weighted by atomic mass is 35.5. The smallest absolute Gasteiger partial charge is 0.291 e. The third kappa shape index (κ3) is 3.20. The van der Waals surface area contributed by atoms with Gasteiger partial charge in [-0.05, 0) is 29.3 Å². The highest BCUT2D eigenvalue weighted by molar-refractivity contribution is 6.32. The van der Waals surface area contributed by atoms with Crippen molar-refractivity contribution in [3.05, 3.63) is 35.4 Å². The first kappa shape index (κ1) is 12.0. The summed E-state index contributed by atoms with van der Waals surface area (Å²) in [4.78, 5) is 10.7. The highest BCUT2D eigenvalue weighted by Gasteiger charge is 2.35. The van der Waals surface area contributed by atoms with Gasteiger partial charge in [-0.25, -0.2) is 8.78 Å². The molecule has 15 heavy (non-hydrogen) atoms. The Morgan fingerprint density at radius 3 is 2.33 bits per heavy atom. The second kappa shape index (κ2) is 4.18. The Kier molecular flexibility index (Phi) is 3.34. The highest BCUT2D eigenvalue weighted by Crippen LogP contribution is 2.22. The van der Waals surface area contributed by atoms with Crippen LogP contribution in [-0.4, -0.2) is 11.2 Å². The summed E-state index contributed by atoms with van der Waals surface area (Å²) in [5.74, 6) is -3.86. The monoisotopic (exact) mass is 240 g/mol. The number of Topliss-reactive ketones (excluding diaryl/α,β-unsaturated/α-hetero) is 1. The molecular formula is C9H5ClF4O. The summed E-state index contributed by atoms with van der Waals surface area (Å²) in [5.41, 5.74) is -0.0563. The Morgan fingerprint density at radius 1 is 1.27 bits per heavy atom. The van der Waals surface area contributed by atoms with Crippen LogP contribution in [0.5, 0.6) is 0 Å². The molecular weight excluding hydrogens is 236 g/mol. The molecule has 0 aliphatic heterocycles. The first-order chi connectivity index (χ1) is 6.80. The third-order valence-electron chi connectivity index (χ3n) is 1.66. The number of carbonyl (C=O) groups is 1. The molecule has 1 aromatic carbocycles. The molecule has 0 saturated heterocycles. The Balaban J connectivity index is 2.83. The molecule has 1 rings (SSSR count). The predicted octanol–water partition coefficient (Wildman–Crippen LogP) is 2.91. The van der Waals surface area contributed by atoms with Gasteiger partial charge < -0.3 is 0 Å². The van der Waals surface area contributed by atoms with E-state index in [0.717, 1.165) is 12.1 Å². The van der Waals surface area contributed by atoms with Gasteiger partial charge in [0.1, 0.15) is 0 Å². The summed E-state index contributed by atoms with van der Waals surface area (Å²) in [7, 11) is 0. The molecule has 0 unspecified atom stereocenters. The van der Waals surface area contributed by atoms with Crippen molar-refractivity contribution in [2.75, 3.05) is 0 Å². The molecule has 0 atom stereocenters. The van der Waals surface area contributed by atoms with Gasteiger partial charge in [0, 0.05) is 6.42 Å². The standard InChI is InChI=1S/C9H5ClF4O/c10-9(13,14)8(15)4-5-1-2-6(11)7(12)3-5/h1-3H,4H2. The fraction of sp³-hybridized carbons (Fsp3) is 0.222. The van der Waals surface area contributed by atoms with E-state index in [1.807, 2.05) is 0 Å². The molecule has 0 amide bonds. The molecule has 0 fully saturated rings. The van der Waals surface area contributed by atoms with Crippen molar-refractivity contribution < 1.29 is 22.4 Å².